The van der Waals surface area contributed by atoms with Crippen molar-refractivity contribution in [3.63, 3.8) is 0 Å². The molecule has 0 aliphatic heterocycles. The minimum atomic E-state index is -0.156. The number of methoxy groups -OCH3 is 1. The molecule has 0 bridgehead atoms. The van der Waals surface area contributed by atoms with Crippen LogP contribution in [0.4, 0.5) is 0 Å². The van der Waals surface area contributed by atoms with Crippen molar-refractivity contribution in [1.82, 2.24) is 5.32 Å². The van der Waals surface area contributed by atoms with Crippen LogP contribution in [0.5, 0.6) is 5.75 Å². The summed E-state index contributed by atoms with van der Waals surface area (Å²) in [7, 11) is 1.73. The molecule has 0 heterocycles. The predicted octanol–water partition coefficient (Wildman–Crippen LogP) is 3.75. The Morgan fingerprint density at radius 3 is 2.68 bits per heavy atom. The van der Waals surface area contributed by atoms with Gasteiger partial charge in [-0.15, -0.1) is 0 Å². The zero-order chi connectivity index (χ0) is 14.3. The van der Waals surface area contributed by atoms with Gasteiger partial charge < -0.3 is 14.8 Å². The summed E-state index contributed by atoms with van der Waals surface area (Å²) < 4.78 is 12.2. The molecule has 0 aliphatic carbocycles. The summed E-state index contributed by atoms with van der Waals surface area (Å²) in [4.78, 5) is 0. The van der Waals surface area contributed by atoms with Crippen LogP contribution in [0.3, 0.4) is 0 Å². The lowest BCUT2D eigenvalue weighted by Crippen LogP contribution is -2.36. The van der Waals surface area contributed by atoms with Crippen LogP contribution >= 0.6 is 15.9 Å². The van der Waals surface area contributed by atoms with Gasteiger partial charge in [0.05, 0.1) is 12.2 Å². The maximum atomic E-state index is 5.76. The minimum absolute atomic E-state index is 0.156. The van der Waals surface area contributed by atoms with Gasteiger partial charge in [0.2, 0.25) is 0 Å². The largest absolute Gasteiger partial charge is 0.493 e. The van der Waals surface area contributed by atoms with Crippen LogP contribution in [-0.4, -0.2) is 25.9 Å². The van der Waals surface area contributed by atoms with Crippen LogP contribution in [-0.2, 0) is 11.3 Å². The fraction of sp³-hybridized carbons (Fsp3) is 0.600. The van der Waals surface area contributed by atoms with Gasteiger partial charge in [-0.2, -0.15) is 0 Å². The van der Waals surface area contributed by atoms with Gasteiger partial charge >= 0.3 is 0 Å². The van der Waals surface area contributed by atoms with E-state index in [1.165, 1.54) is 0 Å². The van der Waals surface area contributed by atoms with Gasteiger partial charge in [0, 0.05) is 30.2 Å². The normalized spacial score (nSPS) is 11.6. The first-order valence-corrected chi connectivity index (χ1v) is 7.45. The Kier molecular flexibility index (Phi) is 6.83. The van der Waals surface area contributed by atoms with Crippen molar-refractivity contribution in [3.05, 3.63) is 28.2 Å². The number of nitrogens with one attached hydrogen (secondary N) is 1. The Balaban J connectivity index is 2.62. The summed E-state index contributed by atoms with van der Waals surface area (Å²) >= 11 is 3.50. The van der Waals surface area contributed by atoms with E-state index in [1.807, 2.05) is 12.1 Å². The average Bonchev–Trinajstić information content (AvgIpc) is 2.38. The molecule has 1 aromatic carbocycles. The Bertz CT molecular complexity index is 394. The van der Waals surface area contributed by atoms with Gasteiger partial charge in [-0.25, -0.2) is 0 Å². The quantitative estimate of drug-likeness (QED) is 0.787. The van der Waals surface area contributed by atoms with Gasteiger partial charge in [0.25, 0.3) is 0 Å². The van der Waals surface area contributed by atoms with Crippen molar-refractivity contribution >= 4 is 15.9 Å². The molecule has 0 spiro atoms. The zero-order valence-electron chi connectivity index (χ0n) is 12.3. The highest BCUT2D eigenvalue weighted by Gasteiger charge is 2.15. The molecule has 108 valence electrons. The third kappa shape index (κ3) is 5.93. The summed E-state index contributed by atoms with van der Waals surface area (Å²) in [6, 6.07) is 6.11. The number of benzene rings is 1. The number of hydrogen-bond donors (Lipinski definition) is 1. The molecule has 0 amide bonds. The summed E-state index contributed by atoms with van der Waals surface area (Å²) in [5.41, 5.74) is 1.01. The van der Waals surface area contributed by atoms with E-state index in [1.54, 1.807) is 7.11 Å². The molecule has 0 radical (unpaired) electrons. The van der Waals surface area contributed by atoms with E-state index in [9.17, 15) is 0 Å². The van der Waals surface area contributed by atoms with Gasteiger partial charge in [0.1, 0.15) is 5.75 Å². The molecule has 3 nitrogen and oxygen atoms in total. The topological polar surface area (TPSA) is 30.5 Å². The lowest BCUT2D eigenvalue weighted by atomic mass is 10.1. The standard InChI is InChI=1S/C15H24BrNO2/c1-5-8-19-14-7-6-13(16)9-12(14)10-17-11-15(2,3)18-4/h6-7,9,17H,5,8,10-11H2,1-4H3. The fourth-order valence-corrected chi connectivity index (χ4v) is 2.02. The summed E-state index contributed by atoms with van der Waals surface area (Å²) in [6.45, 7) is 8.55. The molecule has 19 heavy (non-hydrogen) atoms. The Morgan fingerprint density at radius 2 is 2.05 bits per heavy atom. The molecular formula is C15H24BrNO2. The molecule has 0 atom stereocenters. The molecule has 0 unspecified atom stereocenters. The van der Waals surface area contributed by atoms with E-state index in [0.717, 1.165) is 41.9 Å². The van der Waals surface area contributed by atoms with Crippen LogP contribution in [0, 0.1) is 0 Å². The lowest BCUT2D eigenvalue weighted by Gasteiger charge is -2.23. The Labute approximate surface area is 124 Å². The molecule has 0 aromatic heterocycles. The molecule has 4 heteroatoms. The third-order valence-electron chi connectivity index (χ3n) is 2.90. The van der Waals surface area contributed by atoms with Gasteiger partial charge in [-0.05, 0) is 38.5 Å². The van der Waals surface area contributed by atoms with Crippen LogP contribution in [0.15, 0.2) is 22.7 Å². The van der Waals surface area contributed by atoms with Crippen molar-refractivity contribution in [2.24, 2.45) is 0 Å². The maximum absolute atomic E-state index is 5.76. The number of hydrogen-bond acceptors (Lipinski definition) is 3. The molecule has 1 N–H and O–H groups in total. The summed E-state index contributed by atoms with van der Waals surface area (Å²) in [6.07, 6.45) is 1.01. The van der Waals surface area contributed by atoms with E-state index in [2.05, 4.69) is 48.1 Å². The molecule has 0 aliphatic rings. The second-order valence-electron chi connectivity index (χ2n) is 5.17. The minimum Gasteiger partial charge on any atom is -0.493 e. The predicted molar refractivity (Wildman–Crippen MR) is 82.7 cm³/mol. The van der Waals surface area contributed by atoms with Gasteiger partial charge in [0.15, 0.2) is 0 Å². The first kappa shape index (κ1) is 16.5. The van der Waals surface area contributed by atoms with Gasteiger partial charge in [-0.1, -0.05) is 22.9 Å². The molecule has 1 aromatic rings. The van der Waals surface area contributed by atoms with Crippen molar-refractivity contribution in [3.8, 4) is 5.75 Å². The van der Waals surface area contributed by atoms with Crippen LogP contribution < -0.4 is 10.1 Å². The first-order valence-electron chi connectivity index (χ1n) is 6.65. The molecule has 0 saturated carbocycles. The van der Waals surface area contributed by atoms with E-state index in [-0.39, 0.29) is 5.60 Å². The number of ether oxygens (including phenoxy) is 2. The summed E-state index contributed by atoms with van der Waals surface area (Å²) in [5.74, 6) is 0.952. The highest BCUT2D eigenvalue weighted by atomic mass is 79.9. The summed E-state index contributed by atoms with van der Waals surface area (Å²) in [5, 5.41) is 3.41. The zero-order valence-corrected chi connectivity index (χ0v) is 13.8. The van der Waals surface area contributed by atoms with E-state index in [4.69, 9.17) is 9.47 Å². The maximum Gasteiger partial charge on any atom is 0.123 e. The second-order valence-corrected chi connectivity index (χ2v) is 6.08. The van der Waals surface area contributed by atoms with Crippen molar-refractivity contribution in [1.29, 1.82) is 0 Å². The monoisotopic (exact) mass is 329 g/mol. The molecular weight excluding hydrogens is 306 g/mol. The van der Waals surface area contributed by atoms with E-state index >= 15 is 0 Å². The SMILES string of the molecule is CCCOc1ccc(Br)cc1CNCC(C)(C)OC. The first-order chi connectivity index (χ1) is 8.98. The molecule has 1 rings (SSSR count). The van der Waals surface area contributed by atoms with Crippen LogP contribution in [0.25, 0.3) is 0 Å². The highest BCUT2D eigenvalue weighted by molar-refractivity contribution is 9.10. The molecule has 0 fully saturated rings. The second kappa shape index (κ2) is 7.88. The van der Waals surface area contributed by atoms with E-state index in [0.29, 0.717) is 0 Å². The fourth-order valence-electron chi connectivity index (χ4n) is 1.61. The number of halogens is 1. The lowest BCUT2D eigenvalue weighted by molar-refractivity contribution is 0.0230. The Hall–Kier alpha value is -0.580. The Morgan fingerprint density at radius 1 is 1.32 bits per heavy atom. The van der Waals surface area contributed by atoms with Crippen LogP contribution in [0.2, 0.25) is 0 Å². The van der Waals surface area contributed by atoms with Crippen LogP contribution in [0.1, 0.15) is 32.8 Å². The van der Waals surface area contributed by atoms with Crippen molar-refractivity contribution in [2.75, 3.05) is 20.3 Å². The number of rotatable bonds is 8. The highest BCUT2D eigenvalue weighted by Crippen LogP contribution is 2.23. The average molecular weight is 330 g/mol. The van der Waals surface area contributed by atoms with E-state index < -0.39 is 0 Å². The smallest absolute Gasteiger partial charge is 0.123 e. The van der Waals surface area contributed by atoms with Gasteiger partial charge in [-0.3, -0.25) is 0 Å². The van der Waals surface area contributed by atoms with Crippen molar-refractivity contribution < 1.29 is 9.47 Å². The molecule has 0 saturated heterocycles. The third-order valence-corrected chi connectivity index (χ3v) is 3.40. The van der Waals surface area contributed by atoms with Crippen molar-refractivity contribution in [2.45, 2.75) is 39.3 Å².